The van der Waals surface area contributed by atoms with Crippen molar-refractivity contribution in [3.63, 3.8) is 0 Å². The van der Waals surface area contributed by atoms with Crippen molar-refractivity contribution in [2.75, 3.05) is 11.5 Å². The number of rotatable bonds is 2. The van der Waals surface area contributed by atoms with Gasteiger partial charge in [0.1, 0.15) is 5.82 Å². The number of halogens is 1. The predicted molar refractivity (Wildman–Crippen MR) is 88.9 cm³/mol. The van der Waals surface area contributed by atoms with Gasteiger partial charge in [-0.1, -0.05) is 66.2 Å². The Labute approximate surface area is 128 Å². The fourth-order valence-electron chi connectivity index (χ4n) is 2.27. The lowest BCUT2D eigenvalue weighted by Gasteiger charge is -2.10. The SMILES string of the molecule is Nc1ncc(Cl)c(-c2ccc(-c3ccccc3)cc2)c1N. The van der Waals surface area contributed by atoms with E-state index in [-0.39, 0.29) is 0 Å². The Kier molecular flexibility index (Phi) is 3.50. The highest BCUT2D eigenvalue weighted by Gasteiger charge is 2.11. The van der Waals surface area contributed by atoms with Crippen LogP contribution in [0.1, 0.15) is 0 Å². The zero-order valence-corrected chi connectivity index (χ0v) is 12.0. The maximum atomic E-state index is 6.19. The monoisotopic (exact) mass is 295 g/mol. The number of hydrogen-bond acceptors (Lipinski definition) is 3. The van der Waals surface area contributed by atoms with E-state index in [0.717, 1.165) is 22.3 Å². The molecule has 0 aliphatic carbocycles. The number of nitrogens with two attached hydrogens (primary N) is 2. The van der Waals surface area contributed by atoms with E-state index >= 15 is 0 Å². The van der Waals surface area contributed by atoms with E-state index in [1.54, 1.807) is 0 Å². The minimum atomic E-state index is 0.293. The third kappa shape index (κ3) is 2.56. The highest BCUT2D eigenvalue weighted by Crippen LogP contribution is 2.36. The average molecular weight is 296 g/mol. The van der Waals surface area contributed by atoms with Crippen molar-refractivity contribution in [1.29, 1.82) is 0 Å². The van der Waals surface area contributed by atoms with Crippen LogP contribution >= 0.6 is 11.6 Å². The van der Waals surface area contributed by atoms with Gasteiger partial charge < -0.3 is 11.5 Å². The van der Waals surface area contributed by atoms with Gasteiger partial charge in [-0.25, -0.2) is 4.98 Å². The van der Waals surface area contributed by atoms with Crippen LogP contribution in [0.15, 0.2) is 60.8 Å². The first-order chi connectivity index (χ1) is 10.2. The molecule has 3 nitrogen and oxygen atoms in total. The van der Waals surface area contributed by atoms with Crippen LogP contribution < -0.4 is 11.5 Å². The zero-order valence-electron chi connectivity index (χ0n) is 11.3. The smallest absolute Gasteiger partial charge is 0.147 e. The van der Waals surface area contributed by atoms with Crippen LogP contribution in [0.25, 0.3) is 22.3 Å². The predicted octanol–water partition coefficient (Wildman–Crippen LogP) is 4.23. The Hall–Kier alpha value is -2.52. The molecular weight excluding hydrogens is 282 g/mol. The summed E-state index contributed by atoms with van der Waals surface area (Å²) in [7, 11) is 0. The summed E-state index contributed by atoms with van der Waals surface area (Å²) in [5.41, 5.74) is 16.1. The van der Waals surface area contributed by atoms with Crippen LogP contribution in [-0.4, -0.2) is 4.98 Å². The molecule has 0 saturated heterocycles. The molecule has 0 unspecified atom stereocenters. The summed E-state index contributed by atoms with van der Waals surface area (Å²) >= 11 is 6.19. The Bertz CT molecular complexity index is 768. The van der Waals surface area contributed by atoms with Gasteiger partial charge >= 0.3 is 0 Å². The molecule has 0 amide bonds. The van der Waals surface area contributed by atoms with Crippen molar-refractivity contribution in [2.24, 2.45) is 0 Å². The van der Waals surface area contributed by atoms with Gasteiger partial charge in [0.2, 0.25) is 0 Å². The highest BCUT2D eigenvalue weighted by atomic mass is 35.5. The third-order valence-electron chi connectivity index (χ3n) is 3.38. The van der Waals surface area contributed by atoms with Crippen molar-refractivity contribution in [2.45, 2.75) is 0 Å². The summed E-state index contributed by atoms with van der Waals surface area (Å²) in [4.78, 5) is 3.95. The van der Waals surface area contributed by atoms with Crippen LogP contribution in [0.3, 0.4) is 0 Å². The van der Waals surface area contributed by atoms with Gasteiger partial charge in [-0.05, 0) is 16.7 Å². The molecule has 3 aromatic rings. The number of nitrogen functional groups attached to an aromatic ring is 2. The molecule has 0 fully saturated rings. The standard InChI is InChI=1S/C17H14ClN3/c18-14-10-21-17(20)16(19)15(14)13-8-6-12(7-9-13)11-4-2-1-3-5-11/h1-10H,19H2,(H2,20,21). The second-order valence-corrected chi connectivity index (χ2v) is 5.13. The summed E-state index contributed by atoms with van der Waals surface area (Å²) in [6.07, 6.45) is 1.52. The van der Waals surface area contributed by atoms with Crippen LogP contribution in [0, 0.1) is 0 Å². The highest BCUT2D eigenvalue weighted by molar-refractivity contribution is 6.34. The van der Waals surface area contributed by atoms with E-state index in [9.17, 15) is 0 Å². The lowest BCUT2D eigenvalue weighted by atomic mass is 10.00. The first-order valence-corrected chi connectivity index (χ1v) is 6.90. The molecule has 1 aromatic heterocycles. The second kappa shape index (κ2) is 5.46. The Morgan fingerprint density at radius 1 is 0.762 bits per heavy atom. The molecule has 3 rings (SSSR count). The van der Waals surface area contributed by atoms with Gasteiger partial charge in [0.25, 0.3) is 0 Å². The van der Waals surface area contributed by atoms with E-state index in [1.807, 2.05) is 42.5 Å². The van der Waals surface area contributed by atoms with Crippen molar-refractivity contribution in [3.8, 4) is 22.3 Å². The van der Waals surface area contributed by atoms with E-state index in [0.29, 0.717) is 16.5 Å². The Balaban J connectivity index is 2.05. The number of benzene rings is 2. The van der Waals surface area contributed by atoms with Crippen molar-refractivity contribution in [3.05, 3.63) is 65.8 Å². The van der Waals surface area contributed by atoms with Crippen molar-refractivity contribution < 1.29 is 0 Å². The molecule has 2 aromatic carbocycles. The fraction of sp³-hybridized carbons (Fsp3) is 0. The van der Waals surface area contributed by atoms with Gasteiger partial charge in [-0.15, -0.1) is 0 Å². The minimum Gasteiger partial charge on any atom is -0.395 e. The van der Waals surface area contributed by atoms with Crippen LogP contribution in [-0.2, 0) is 0 Å². The molecule has 0 radical (unpaired) electrons. The Morgan fingerprint density at radius 3 is 2.00 bits per heavy atom. The molecule has 0 aliphatic rings. The lowest BCUT2D eigenvalue weighted by molar-refractivity contribution is 1.34. The van der Waals surface area contributed by atoms with Crippen LogP contribution in [0.4, 0.5) is 11.5 Å². The number of aromatic nitrogens is 1. The number of nitrogens with zero attached hydrogens (tertiary/aromatic N) is 1. The van der Waals surface area contributed by atoms with Gasteiger partial charge in [0.15, 0.2) is 0 Å². The van der Waals surface area contributed by atoms with Gasteiger partial charge in [0, 0.05) is 11.8 Å². The summed E-state index contributed by atoms with van der Waals surface area (Å²) in [5.74, 6) is 0.293. The molecule has 21 heavy (non-hydrogen) atoms. The average Bonchev–Trinajstić information content (AvgIpc) is 2.53. The molecule has 104 valence electrons. The maximum Gasteiger partial charge on any atom is 0.147 e. The van der Waals surface area contributed by atoms with Gasteiger partial charge in [-0.3, -0.25) is 0 Å². The van der Waals surface area contributed by atoms with E-state index in [1.165, 1.54) is 6.20 Å². The maximum absolute atomic E-state index is 6.19. The Morgan fingerprint density at radius 2 is 1.33 bits per heavy atom. The van der Waals surface area contributed by atoms with Gasteiger partial charge in [0.05, 0.1) is 10.7 Å². The largest absolute Gasteiger partial charge is 0.395 e. The molecule has 0 saturated carbocycles. The minimum absolute atomic E-state index is 0.293. The molecule has 4 heteroatoms. The normalized spacial score (nSPS) is 10.5. The van der Waals surface area contributed by atoms with E-state index in [2.05, 4.69) is 17.1 Å². The van der Waals surface area contributed by atoms with Crippen LogP contribution in [0.2, 0.25) is 5.02 Å². The molecule has 0 spiro atoms. The summed E-state index contributed by atoms with van der Waals surface area (Å²) in [5, 5.41) is 0.495. The number of hydrogen-bond donors (Lipinski definition) is 2. The third-order valence-corrected chi connectivity index (χ3v) is 3.67. The molecule has 0 aliphatic heterocycles. The molecule has 1 heterocycles. The summed E-state index contributed by atoms with van der Waals surface area (Å²) in [6.45, 7) is 0. The molecule has 4 N–H and O–H groups in total. The van der Waals surface area contributed by atoms with Gasteiger partial charge in [-0.2, -0.15) is 0 Å². The van der Waals surface area contributed by atoms with Crippen molar-refractivity contribution in [1.82, 2.24) is 4.98 Å². The quantitative estimate of drug-likeness (QED) is 0.743. The van der Waals surface area contributed by atoms with Crippen LogP contribution in [0.5, 0.6) is 0 Å². The second-order valence-electron chi connectivity index (χ2n) is 4.72. The fourth-order valence-corrected chi connectivity index (χ4v) is 2.53. The molecule has 0 atom stereocenters. The zero-order chi connectivity index (χ0) is 14.8. The first-order valence-electron chi connectivity index (χ1n) is 6.52. The summed E-state index contributed by atoms with van der Waals surface area (Å²) in [6, 6.07) is 18.2. The molecular formula is C17H14ClN3. The lowest BCUT2D eigenvalue weighted by Crippen LogP contribution is -2.00. The van der Waals surface area contributed by atoms with Crippen molar-refractivity contribution >= 4 is 23.1 Å². The number of pyridine rings is 1. The number of anilines is 2. The first kappa shape index (κ1) is 13.5. The van der Waals surface area contributed by atoms with E-state index < -0.39 is 0 Å². The molecule has 0 bridgehead atoms. The topological polar surface area (TPSA) is 64.9 Å². The summed E-state index contributed by atoms with van der Waals surface area (Å²) < 4.78 is 0. The van der Waals surface area contributed by atoms with E-state index in [4.69, 9.17) is 23.1 Å².